The van der Waals surface area contributed by atoms with Crippen molar-refractivity contribution in [3.8, 4) is 0 Å². The normalized spacial score (nSPS) is 24.3. The Labute approximate surface area is 135 Å². The second kappa shape index (κ2) is 7.92. The van der Waals surface area contributed by atoms with Crippen LogP contribution in [0.5, 0.6) is 0 Å². The molecule has 1 aliphatic heterocycles. The molecule has 4 heteroatoms. The van der Waals surface area contributed by atoms with Gasteiger partial charge in [-0.1, -0.05) is 19.8 Å². The summed E-state index contributed by atoms with van der Waals surface area (Å²) in [4.78, 5) is 4.03. The van der Waals surface area contributed by atoms with E-state index in [0.29, 0.717) is 6.04 Å². The molecule has 1 aliphatic rings. The van der Waals surface area contributed by atoms with E-state index in [2.05, 4.69) is 46.1 Å². The molecule has 0 aromatic carbocycles. The molecule has 2 heterocycles. The number of halogens is 1. The van der Waals surface area contributed by atoms with E-state index in [1.54, 1.807) is 0 Å². The van der Waals surface area contributed by atoms with Crippen LogP contribution < -0.4 is 5.73 Å². The highest BCUT2D eigenvalue weighted by atomic mass is 79.9. The number of likely N-dealkylation sites (tertiary alicyclic amines) is 1. The molecule has 0 saturated carbocycles. The van der Waals surface area contributed by atoms with Crippen LogP contribution in [0.3, 0.4) is 0 Å². The van der Waals surface area contributed by atoms with E-state index >= 15 is 0 Å². The summed E-state index contributed by atoms with van der Waals surface area (Å²) in [5.74, 6) is 0.925. The number of rotatable bonds is 5. The molecular weight excluding hydrogens is 332 g/mol. The largest absolute Gasteiger partial charge is 0.326 e. The molecule has 1 aromatic rings. The quantitative estimate of drug-likeness (QED) is 0.818. The van der Waals surface area contributed by atoms with Gasteiger partial charge in [-0.05, 0) is 67.2 Å². The molecule has 3 unspecified atom stereocenters. The molecule has 0 aliphatic carbocycles. The summed E-state index contributed by atoms with van der Waals surface area (Å²) in [5.41, 5.74) is 6.30. The van der Waals surface area contributed by atoms with Crippen LogP contribution in [0.1, 0.15) is 56.9 Å². The fraction of sp³-hybridized carbons (Fsp3) is 0.750. The highest BCUT2D eigenvalue weighted by Gasteiger charge is 2.27. The van der Waals surface area contributed by atoms with Crippen LogP contribution in [0.2, 0.25) is 0 Å². The van der Waals surface area contributed by atoms with E-state index in [-0.39, 0.29) is 6.04 Å². The zero-order valence-electron chi connectivity index (χ0n) is 12.6. The minimum absolute atomic E-state index is 0.184. The molecule has 0 amide bonds. The predicted molar refractivity (Wildman–Crippen MR) is 92.2 cm³/mol. The first-order chi connectivity index (χ1) is 9.61. The van der Waals surface area contributed by atoms with Crippen LogP contribution in [0.15, 0.2) is 15.9 Å². The molecular formula is C16H27BrN2S. The van der Waals surface area contributed by atoms with Crippen molar-refractivity contribution >= 4 is 27.3 Å². The van der Waals surface area contributed by atoms with E-state index in [9.17, 15) is 0 Å². The average Bonchev–Trinajstić information content (AvgIpc) is 2.68. The smallest absolute Gasteiger partial charge is 0.0591 e. The molecule has 2 rings (SSSR count). The lowest BCUT2D eigenvalue weighted by molar-refractivity contribution is 0.183. The maximum atomic E-state index is 6.30. The van der Waals surface area contributed by atoms with Gasteiger partial charge in [0.25, 0.3) is 0 Å². The van der Waals surface area contributed by atoms with Crippen molar-refractivity contribution < 1.29 is 0 Å². The SMILES string of the molecule is CCCC1CCCN(C(c2cc(Br)cs2)C(C)N)CC1. The van der Waals surface area contributed by atoms with E-state index in [4.69, 9.17) is 5.73 Å². The maximum Gasteiger partial charge on any atom is 0.0591 e. The Morgan fingerprint density at radius 1 is 1.45 bits per heavy atom. The Bertz CT molecular complexity index is 405. The second-order valence-electron chi connectivity index (χ2n) is 6.09. The Hall–Kier alpha value is 0.1000. The van der Waals surface area contributed by atoms with Crippen molar-refractivity contribution in [3.63, 3.8) is 0 Å². The first-order valence-electron chi connectivity index (χ1n) is 7.85. The van der Waals surface area contributed by atoms with E-state index in [1.807, 2.05) is 11.3 Å². The molecule has 0 bridgehead atoms. The highest BCUT2D eigenvalue weighted by molar-refractivity contribution is 9.10. The van der Waals surface area contributed by atoms with E-state index in [1.165, 1.54) is 54.5 Å². The molecule has 1 fully saturated rings. The van der Waals surface area contributed by atoms with Gasteiger partial charge in [-0.25, -0.2) is 0 Å². The topological polar surface area (TPSA) is 29.3 Å². The zero-order chi connectivity index (χ0) is 14.5. The van der Waals surface area contributed by atoms with E-state index in [0.717, 1.165) is 5.92 Å². The summed E-state index contributed by atoms with van der Waals surface area (Å²) in [6, 6.07) is 2.81. The molecule has 2 N–H and O–H groups in total. The third kappa shape index (κ3) is 4.30. The van der Waals surface area contributed by atoms with Gasteiger partial charge in [0.1, 0.15) is 0 Å². The molecule has 3 atom stereocenters. The molecule has 1 saturated heterocycles. The first-order valence-corrected chi connectivity index (χ1v) is 9.52. The minimum Gasteiger partial charge on any atom is -0.326 e. The number of thiophene rings is 1. The van der Waals surface area contributed by atoms with Gasteiger partial charge < -0.3 is 5.73 Å². The van der Waals surface area contributed by atoms with Gasteiger partial charge in [-0.3, -0.25) is 4.90 Å². The van der Waals surface area contributed by atoms with Gasteiger partial charge >= 0.3 is 0 Å². The Kier molecular flexibility index (Phi) is 6.53. The molecule has 2 nitrogen and oxygen atoms in total. The number of hydrogen-bond donors (Lipinski definition) is 1. The third-order valence-electron chi connectivity index (χ3n) is 4.35. The van der Waals surface area contributed by atoms with Crippen LogP contribution in [-0.2, 0) is 0 Å². The maximum absolute atomic E-state index is 6.30. The van der Waals surface area contributed by atoms with Crippen molar-refractivity contribution in [1.82, 2.24) is 4.90 Å². The summed E-state index contributed by atoms with van der Waals surface area (Å²) in [5, 5.41) is 2.17. The van der Waals surface area contributed by atoms with Gasteiger partial charge in [0.05, 0.1) is 6.04 Å². The van der Waals surface area contributed by atoms with Gasteiger partial charge in [0.2, 0.25) is 0 Å². The summed E-state index contributed by atoms with van der Waals surface area (Å²) in [6.45, 7) is 6.84. The van der Waals surface area contributed by atoms with Crippen molar-refractivity contribution in [2.24, 2.45) is 11.7 Å². The standard InChI is InChI=1S/C16H27BrN2S/c1-3-5-13-6-4-8-19(9-7-13)16(12(2)18)15-10-14(17)11-20-15/h10-13,16H,3-9,18H2,1-2H3. The minimum atomic E-state index is 0.184. The van der Waals surface area contributed by atoms with Gasteiger partial charge in [-0.2, -0.15) is 0 Å². The van der Waals surface area contributed by atoms with Crippen LogP contribution in [0.25, 0.3) is 0 Å². The summed E-state index contributed by atoms with van der Waals surface area (Å²) in [7, 11) is 0. The van der Waals surface area contributed by atoms with Crippen molar-refractivity contribution in [2.75, 3.05) is 13.1 Å². The summed E-state index contributed by atoms with van der Waals surface area (Å²) >= 11 is 5.40. The summed E-state index contributed by atoms with van der Waals surface area (Å²) < 4.78 is 1.18. The first kappa shape index (κ1) is 16.5. The van der Waals surface area contributed by atoms with Crippen LogP contribution in [0.4, 0.5) is 0 Å². The van der Waals surface area contributed by atoms with Crippen LogP contribution in [0, 0.1) is 5.92 Å². The molecule has 114 valence electrons. The lowest BCUT2D eigenvalue weighted by atomic mass is 9.96. The third-order valence-corrected chi connectivity index (χ3v) is 6.11. The van der Waals surface area contributed by atoms with Crippen molar-refractivity contribution in [2.45, 2.75) is 58.0 Å². The number of hydrogen-bond acceptors (Lipinski definition) is 3. The van der Waals surface area contributed by atoms with Crippen LogP contribution in [-0.4, -0.2) is 24.0 Å². The molecule has 0 spiro atoms. The number of nitrogens with zero attached hydrogens (tertiary/aromatic N) is 1. The second-order valence-corrected chi connectivity index (χ2v) is 7.95. The van der Waals surface area contributed by atoms with Gasteiger partial charge in [0, 0.05) is 20.8 Å². The fourth-order valence-corrected chi connectivity index (χ4v) is 5.11. The molecule has 1 aromatic heterocycles. The van der Waals surface area contributed by atoms with Gasteiger partial charge in [0.15, 0.2) is 0 Å². The lowest BCUT2D eigenvalue weighted by Gasteiger charge is -2.32. The van der Waals surface area contributed by atoms with E-state index < -0.39 is 0 Å². The lowest BCUT2D eigenvalue weighted by Crippen LogP contribution is -2.39. The fourth-order valence-electron chi connectivity index (χ4n) is 3.42. The predicted octanol–water partition coefficient (Wildman–Crippen LogP) is 4.80. The van der Waals surface area contributed by atoms with Crippen molar-refractivity contribution in [1.29, 1.82) is 0 Å². The van der Waals surface area contributed by atoms with Crippen LogP contribution >= 0.6 is 27.3 Å². The average molecular weight is 359 g/mol. The molecule has 20 heavy (non-hydrogen) atoms. The highest BCUT2D eigenvalue weighted by Crippen LogP contribution is 2.34. The van der Waals surface area contributed by atoms with Crippen molar-refractivity contribution in [3.05, 3.63) is 20.8 Å². The Balaban J connectivity index is 2.06. The zero-order valence-corrected chi connectivity index (χ0v) is 15.0. The Morgan fingerprint density at radius 2 is 2.25 bits per heavy atom. The van der Waals surface area contributed by atoms with Gasteiger partial charge in [-0.15, -0.1) is 11.3 Å². The molecule has 0 radical (unpaired) electrons. The number of nitrogens with two attached hydrogens (primary N) is 1. The summed E-state index contributed by atoms with van der Waals surface area (Å²) in [6.07, 6.45) is 6.76. The monoisotopic (exact) mass is 358 g/mol. The Morgan fingerprint density at radius 3 is 2.85 bits per heavy atom.